The first-order valence-electron chi connectivity index (χ1n) is 9.35. The van der Waals surface area contributed by atoms with Gasteiger partial charge in [0.25, 0.3) is 0 Å². The third-order valence-electron chi connectivity index (χ3n) is 4.93. The Morgan fingerprint density at radius 2 is 1.64 bits per heavy atom. The van der Waals surface area contributed by atoms with Crippen molar-refractivity contribution in [3.63, 3.8) is 0 Å². The highest BCUT2D eigenvalue weighted by Gasteiger charge is 2.23. The van der Waals surface area contributed by atoms with E-state index in [0.717, 1.165) is 22.0 Å². The highest BCUT2D eigenvalue weighted by atomic mass is 19.1. The average molecular weight is 372 g/mol. The van der Waals surface area contributed by atoms with Gasteiger partial charge in [0, 0.05) is 29.2 Å². The molecule has 4 heteroatoms. The lowest BCUT2D eigenvalue weighted by Crippen LogP contribution is -2.30. The van der Waals surface area contributed by atoms with Crippen molar-refractivity contribution in [2.75, 3.05) is 6.54 Å². The molecule has 3 aromatic carbocycles. The Hall–Kier alpha value is -3.24. The molecule has 1 heterocycles. The summed E-state index contributed by atoms with van der Waals surface area (Å²) in [6, 6.07) is 23.6. The van der Waals surface area contributed by atoms with Gasteiger partial charge in [-0.2, -0.15) is 0 Å². The van der Waals surface area contributed by atoms with Gasteiger partial charge >= 0.3 is 0 Å². The molecule has 0 fully saturated rings. The van der Waals surface area contributed by atoms with Gasteiger partial charge in [-0.1, -0.05) is 60.7 Å². The van der Waals surface area contributed by atoms with Crippen LogP contribution < -0.4 is 5.32 Å². The fourth-order valence-electron chi connectivity index (χ4n) is 3.45. The topological polar surface area (TPSA) is 44.9 Å². The fourth-order valence-corrected chi connectivity index (χ4v) is 3.45. The average Bonchev–Trinajstić information content (AvgIpc) is 3.17. The Balaban J connectivity index is 1.57. The van der Waals surface area contributed by atoms with Gasteiger partial charge in [0.1, 0.15) is 5.82 Å². The molecular formula is C24H21FN2O. The van der Waals surface area contributed by atoms with E-state index in [2.05, 4.69) is 10.3 Å². The maximum Gasteiger partial charge on any atom is 0.186 e. The number of halogens is 1. The van der Waals surface area contributed by atoms with Crippen molar-refractivity contribution in [3.05, 3.63) is 108 Å². The summed E-state index contributed by atoms with van der Waals surface area (Å²) in [5, 5.41) is 4.32. The van der Waals surface area contributed by atoms with E-state index in [1.54, 1.807) is 18.3 Å². The van der Waals surface area contributed by atoms with Crippen LogP contribution in [0.2, 0.25) is 0 Å². The molecule has 3 nitrogen and oxygen atoms in total. The minimum Gasteiger partial charge on any atom is -0.360 e. The number of aromatic amines is 1. The summed E-state index contributed by atoms with van der Waals surface area (Å²) in [4.78, 5) is 16.6. The standard InChI is InChI=1S/C24H21FN2O/c25-19-12-10-17(11-13-19)14-15-26-23(18-6-2-1-3-7-18)24(28)21-16-27-22-9-5-4-8-20(21)22/h1-13,16,23,26-27H,14-15H2. The number of nitrogens with one attached hydrogen (secondary N) is 2. The first-order chi connectivity index (χ1) is 13.7. The monoisotopic (exact) mass is 372 g/mol. The van der Waals surface area contributed by atoms with Gasteiger partial charge in [-0.05, 0) is 35.7 Å². The predicted molar refractivity (Wildman–Crippen MR) is 110 cm³/mol. The van der Waals surface area contributed by atoms with Gasteiger partial charge in [-0.25, -0.2) is 4.39 Å². The molecule has 140 valence electrons. The van der Waals surface area contributed by atoms with Crippen LogP contribution in [0.25, 0.3) is 10.9 Å². The molecule has 1 aromatic heterocycles. The number of para-hydroxylation sites is 1. The predicted octanol–water partition coefficient (Wildman–Crippen LogP) is 5.06. The third-order valence-corrected chi connectivity index (χ3v) is 4.93. The largest absolute Gasteiger partial charge is 0.360 e. The maximum absolute atomic E-state index is 13.4. The lowest BCUT2D eigenvalue weighted by molar-refractivity contribution is 0.0945. The first kappa shape index (κ1) is 18.1. The zero-order valence-corrected chi connectivity index (χ0v) is 15.4. The Morgan fingerprint density at radius 1 is 0.929 bits per heavy atom. The van der Waals surface area contributed by atoms with Gasteiger partial charge in [0.15, 0.2) is 5.78 Å². The minimum absolute atomic E-state index is 0.0303. The second kappa shape index (κ2) is 8.19. The van der Waals surface area contributed by atoms with Crippen molar-refractivity contribution in [1.82, 2.24) is 10.3 Å². The number of Topliss-reactive ketones (excluding diaryl/α,β-unsaturated/α-hetero) is 1. The van der Waals surface area contributed by atoms with Crippen LogP contribution in [0.5, 0.6) is 0 Å². The van der Waals surface area contributed by atoms with Gasteiger partial charge in [0.2, 0.25) is 0 Å². The van der Waals surface area contributed by atoms with Crippen LogP contribution in [0.1, 0.15) is 27.5 Å². The molecule has 4 rings (SSSR count). The number of hydrogen-bond donors (Lipinski definition) is 2. The molecule has 2 N–H and O–H groups in total. The highest BCUT2D eigenvalue weighted by molar-refractivity contribution is 6.10. The number of carbonyl (C=O) groups excluding carboxylic acids is 1. The van der Waals surface area contributed by atoms with Crippen LogP contribution in [0, 0.1) is 5.82 Å². The molecule has 0 aliphatic carbocycles. The fraction of sp³-hybridized carbons (Fsp3) is 0.125. The van der Waals surface area contributed by atoms with Gasteiger partial charge in [0.05, 0.1) is 6.04 Å². The van der Waals surface area contributed by atoms with E-state index >= 15 is 0 Å². The second-order valence-corrected chi connectivity index (χ2v) is 6.79. The van der Waals surface area contributed by atoms with E-state index in [-0.39, 0.29) is 11.6 Å². The maximum atomic E-state index is 13.4. The summed E-state index contributed by atoms with van der Waals surface area (Å²) >= 11 is 0. The van der Waals surface area contributed by atoms with Crippen LogP contribution in [0.3, 0.4) is 0 Å². The SMILES string of the molecule is O=C(c1c[nH]c2ccccc12)C(NCCc1ccc(F)cc1)c1ccccc1. The van der Waals surface area contributed by atoms with E-state index in [4.69, 9.17) is 0 Å². The van der Waals surface area contributed by atoms with Crippen molar-refractivity contribution in [2.24, 2.45) is 0 Å². The molecule has 28 heavy (non-hydrogen) atoms. The quantitative estimate of drug-likeness (QED) is 0.445. The molecular weight excluding hydrogens is 351 g/mol. The van der Waals surface area contributed by atoms with E-state index in [9.17, 15) is 9.18 Å². The Bertz CT molecular complexity index is 1070. The number of aromatic nitrogens is 1. The lowest BCUT2D eigenvalue weighted by Gasteiger charge is -2.18. The Kier molecular flexibility index (Phi) is 5.31. The normalized spacial score (nSPS) is 12.2. The Labute approximate surface area is 163 Å². The van der Waals surface area contributed by atoms with E-state index < -0.39 is 6.04 Å². The summed E-state index contributed by atoms with van der Waals surface area (Å²) in [5.41, 5.74) is 3.58. The summed E-state index contributed by atoms with van der Waals surface area (Å²) in [5.74, 6) is -0.212. The van der Waals surface area contributed by atoms with Gasteiger partial charge in [-0.15, -0.1) is 0 Å². The molecule has 4 aromatic rings. The van der Waals surface area contributed by atoms with Crippen molar-refractivity contribution >= 4 is 16.7 Å². The zero-order chi connectivity index (χ0) is 19.3. The van der Waals surface area contributed by atoms with Gasteiger partial charge < -0.3 is 10.3 Å². The van der Waals surface area contributed by atoms with Crippen LogP contribution >= 0.6 is 0 Å². The number of carbonyl (C=O) groups is 1. The number of hydrogen-bond acceptors (Lipinski definition) is 2. The highest BCUT2D eigenvalue weighted by Crippen LogP contribution is 2.24. The third kappa shape index (κ3) is 3.87. The molecule has 0 saturated carbocycles. The van der Waals surface area contributed by atoms with Crippen LogP contribution in [0.4, 0.5) is 4.39 Å². The van der Waals surface area contributed by atoms with Crippen LogP contribution in [-0.2, 0) is 6.42 Å². The van der Waals surface area contributed by atoms with Crippen molar-refractivity contribution in [2.45, 2.75) is 12.5 Å². The summed E-state index contributed by atoms with van der Waals surface area (Å²) in [7, 11) is 0. The molecule has 0 amide bonds. The Morgan fingerprint density at radius 3 is 2.43 bits per heavy atom. The van der Waals surface area contributed by atoms with Crippen molar-refractivity contribution in [3.8, 4) is 0 Å². The number of rotatable bonds is 7. The number of ketones is 1. The molecule has 0 saturated heterocycles. The first-order valence-corrected chi connectivity index (χ1v) is 9.35. The summed E-state index contributed by atoms with van der Waals surface area (Å²) in [6.07, 6.45) is 2.50. The number of benzene rings is 3. The van der Waals surface area contributed by atoms with E-state index in [1.807, 2.05) is 54.6 Å². The molecule has 0 spiro atoms. The smallest absolute Gasteiger partial charge is 0.186 e. The summed E-state index contributed by atoms with van der Waals surface area (Å²) < 4.78 is 13.1. The molecule has 1 unspecified atom stereocenters. The number of fused-ring (bicyclic) bond motifs is 1. The number of H-pyrrole nitrogens is 1. The van der Waals surface area contributed by atoms with Crippen molar-refractivity contribution in [1.29, 1.82) is 0 Å². The summed E-state index contributed by atoms with van der Waals surface area (Å²) in [6.45, 7) is 0.610. The van der Waals surface area contributed by atoms with Crippen molar-refractivity contribution < 1.29 is 9.18 Å². The zero-order valence-electron chi connectivity index (χ0n) is 15.4. The van der Waals surface area contributed by atoms with E-state index in [1.165, 1.54) is 12.1 Å². The lowest BCUT2D eigenvalue weighted by atomic mass is 9.96. The minimum atomic E-state index is -0.444. The molecule has 0 bridgehead atoms. The van der Waals surface area contributed by atoms with Gasteiger partial charge in [-0.3, -0.25) is 4.79 Å². The second-order valence-electron chi connectivity index (χ2n) is 6.79. The molecule has 0 aliphatic heterocycles. The molecule has 0 radical (unpaired) electrons. The van der Waals surface area contributed by atoms with Crippen LogP contribution in [0.15, 0.2) is 85.1 Å². The molecule has 0 aliphatic rings. The van der Waals surface area contributed by atoms with Crippen LogP contribution in [-0.4, -0.2) is 17.3 Å². The van der Waals surface area contributed by atoms with E-state index in [0.29, 0.717) is 18.5 Å². The molecule has 1 atom stereocenters.